The molecule has 1 saturated heterocycles. The lowest BCUT2D eigenvalue weighted by atomic mass is 9.85. The van der Waals surface area contributed by atoms with Gasteiger partial charge in [-0.2, -0.15) is 0 Å². The molecule has 1 aliphatic rings. The second kappa shape index (κ2) is 7.09. The van der Waals surface area contributed by atoms with Crippen LogP contribution >= 0.6 is 0 Å². The van der Waals surface area contributed by atoms with Crippen LogP contribution in [-0.2, 0) is 9.47 Å². The standard InChI is InChI=1S/C13H25NO3/c1-5-7-11-12(14-6-2)13(15)10(8-16-4)9(3)17-11/h6,9-13,15H,5,7-8H2,1-4H3/b14-6+. The third-order valence-electron chi connectivity index (χ3n) is 3.42. The number of hydrogen-bond donors (Lipinski definition) is 1. The molecule has 4 nitrogen and oxygen atoms in total. The predicted octanol–water partition coefficient (Wildman–Crippen LogP) is 1.66. The Bertz CT molecular complexity index is 245. The minimum atomic E-state index is -0.480. The number of hydrogen-bond acceptors (Lipinski definition) is 4. The van der Waals surface area contributed by atoms with Crippen molar-refractivity contribution in [1.29, 1.82) is 0 Å². The van der Waals surface area contributed by atoms with Gasteiger partial charge in [-0.05, 0) is 26.5 Å². The molecule has 1 fully saturated rings. The predicted molar refractivity (Wildman–Crippen MR) is 68.6 cm³/mol. The second-order valence-electron chi connectivity index (χ2n) is 4.68. The van der Waals surface area contributed by atoms with Crippen LogP contribution in [0.3, 0.4) is 0 Å². The van der Waals surface area contributed by atoms with Gasteiger partial charge in [-0.25, -0.2) is 0 Å². The van der Waals surface area contributed by atoms with Gasteiger partial charge in [-0.1, -0.05) is 13.3 Å². The first kappa shape index (κ1) is 14.6. The summed E-state index contributed by atoms with van der Waals surface area (Å²) in [4.78, 5) is 4.38. The maximum Gasteiger partial charge on any atom is 0.102 e. The Hall–Kier alpha value is -0.450. The average Bonchev–Trinajstić information content (AvgIpc) is 2.30. The lowest BCUT2D eigenvalue weighted by Crippen LogP contribution is -2.54. The third kappa shape index (κ3) is 3.50. The summed E-state index contributed by atoms with van der Waals surface area (Å²) in [6, 6.07) is -0.156. The Kier molecular flexibility index (Phi) is 6.09. The van der Waals surface area contributed by atoms with Crippen molar-refractivity contribution in [2.24, 2.45) is 10.9 Å². The zero-order valence-electron chi connectivity index (χ0n) is 11.3. The summed E-state index contributed by atoms with van der Waals surface area (Å²) >= 11 is 0. The molecule has 0 saturated carbocycles. The lowest BCUT2D eigenvalue weighted by molar-refractivity contribution is -0.154. The van der Waals surface area contributed by atoms with E-state index in [0.29, 0.717) is 6.61 Å². The van der Waals surface area contributed by atoms with Crippen molar-refractivity contribution >= 4 is 6.21 Å². The van der Waals surface area contributed by atoms with Gasteiger partial charge >= 0.3 is 0 Å². The van der Waals surface area contributed by atoms with Crippen molar-refractivity contribution in [2.75, 3.05) is 13.7 Å². The quantitative estimate of drug-likeness (QED) is 0.747. The molecular formula is C13H25NO3. The third-order valence-corrected chi connectivity index (χ3v) is 3.42. The highest BCUT2D eigenvalue weighted by molar-refractivity contribution is 5.53. The molecule has 1 aliphatic heterocycles. The van der Waals surface area contributed by atoms with Gasteiger partial charge in [0.05, 0.1) is 24.9 Å². The van der Waals surface area contributed by atoms with E-state index in [0.717, 1.165) is 12.8 Å². The summed E-state index contributed by atoms with van der Waals surface area (Å²) in [6.07, 6.45) is 3.28. The van der Waals surface area contributed by atoms with E-state index >= 15 is 0 Å². The van der Waals surface area contributed by atoms with Gasteiger partial charge in [-0.15, -0.1) is 0 Å². The summed E-state index contributed by atoms with van der Waals surface area (Å²) in [5, 5.41) is 10.4. The zero-order chi connectivity index (χ0) is 12.8. The summed E-state index contributed by atoms with van der Waals surface area (Å²) in [6.45, 7) is 6.51. The molecule has 0 radical (unpaired) electrons. The van der Waals surface area contributed by atoms with E-state index < -0.39 is 6.10 Å². The molecule has 0 bridgehead atoms. The Morgan fingerprint density at radius 2 is 2.18 bits per heavy atom. The van der Waals surface area contributed by atoms with Gasteiger partial charge in [0, 0.05) is 13.0 Å². The minimum absolute atomic E-state index is 0.00167. The Balaban J connectivity index is 2.79. The molecule has 0 aromatic carbocycles. The van der Waals surface area contributed by atoms with Crippen LogP contribution < -0.4 is 0 Å². The van der Waals surface area contributed by atoms with Crippen LogP contribution in [-0.4, -0.2) is 49.4 Å². The van der Waals surface area contributed by atoms with Gasteiger partial charge in [0.2, 0.25) is 0 Å². The number of nitrogens with zero attached hydrogens (tertiary/aromatic N) is 1. The number of ether oxygens (including phenoxy) is 2. The van der Waals surface area contributed by atoms with E-state index in [1.165, 1.54) is 0 Å². The van der Waals surface area contributed by atoms with Crippen LogP contribution in [0.15, 0.2) is 4.99 Å². The van der Waals surface area contributed by atoms with Crippen molar-refractivity contribution < 1.29 is 14.6 Å². The van der Waals surface area contributed by atoms with Crippen LogP contribution in [0.5, 0.6) is 0 Å². The number of aliphatic hydroxyl groups excluding tert-OH is 1. The molecule has 100 valence electrons. The van der Waals surface area contributed by atoms with Crippen LogP contribution in [0, 0.1) is 5.92 Å². The molecule has 0 aliphatic carbocycles. The van der Waals surface area contributed by atoms with Crippen molar-refractivity contribution in [3.05, 3.63) is 0 Å². The van der Waals surface area contributed by atoms with Crippen molar-refractivity contribution in [3.63, 3.8) is 0 Å². The Labute approximate surface area is 104 Å². The monoisotopic (exact) mass is 243 g/mol. The van der Waals surface area contributed by atoms with E-state index in [4.69, 9.17) is 9.47 Å². The number of methoxy groups -OCH3 is 1. The first-order valence-electron chi connectivity index (χ1n) is 6.45. The summed E-state index contributed by atoms with van der Waals surface area (Å²) in [5.74, 6) is 0.00167. The van der Waals surface area contributed by atoms with Crippen LogP contribution in [0.25, 0.3) is 0 Å². The summed E-state index contributed by atoms with van der Waals surface area (Å²) in [7, 11) is 1.65. The van der Waals surface area contributed by atoms with Crippen LogP contribution in [0.4, 0.5) is 0 Å². The van der Waals surface area contributed by atoms with Crippen LogP contribution in [0.1, 0.15) is 33.6 Å². The average molecular weight is 243 g/mol. The molecule has 1 rings (SSSR count). The molecule has 5 unspecified atom stereocenters. The fraction of sp³-hybridized carbons (Fsp3) is 0.923. The number of rotatable bonds is 5. The number of aliphatic hydroxyl groups is 1. The molecule has 17 heavy (non-hydrogen) atoms. The highest BCUT2D eigenvalue weighted by Gasteiger charge is 2.42. The SMILES string of the molecule is C/C=N/C1C(CCC)OC(C)C(COC)C1O. The minimum Gasteiger partial charge on any atom is -0.390 e. The van der Waals surface area contributed by atoms with Gasteiger partial charge in [0.15, 0.2) is 0 Å². The lowest BCUT2D eigenvalue weighted by Gasteiger charge is -2.42. The fourth-order valence-electron chi connectivity index (χ4n) is 2.51. The zero-order valence-corrected chi connectivity index (χ0v) is 11.3. The Morgan fingerprint density at radius 1 is 1.47 bits per heavy atom. The summed E-state index contributed by atoms with van der Waals surface area (Å²) in [5.41, 5.74) is 0. The highest BCUT2D eigenvalue weighted by Crippen LogP contribution is 2.30. The molecule has 1 heterocycles. The van der Waals surface area contributed by atoms with E-state index in [-0.39, 0.29) is 24.2 Å². The van der Waals surface area contributed by atoms with Gasteiger partial charge in [0.25, 0.3) is 0 Å². The summed E-state index contributed by atoms with van der Waals surface area (Å²) < 4.78 is 11.1. The molecular weight excluding hydrogens is 218 g/mol. The first-order valence-corrected chi connectivity index (χ1v) is 6.45. The van der Waals surface area contributed by atoms with E-state index in [9.17, 15) is 5.11 Å². The fourth-order valence-corrected chi connectivity index (χ4v) is 2.51. The topological polar surface area (TPSA) is 51.0 Å². The highest BCUT2D eigenvalue weighted by atomic mass is 16.5. The van der Waals surface area contributed by atoms with Crippen molar-refractivity contribution in [1.82, 2.24) is 0 Å². The van der Waals surface area contributed by atoms with Crippen molar-refractivity contribution in [3.8, 4) is 0 Å². The largest absolute Gasteiger partial charge is 0.390 e. The number of aliphatic imine (C=N–C) groups is 1. The molecule has 0 aromatic rings. The molecule has 0 aromatic heterocycles. The maximum absolute atomic E-state index is 10.4. The molecule has 5 atom stereocenters. The molecule has 4 heteroatoms. The van der Waals surface area contributed by atoms with E-state index in [1.54, 1.807) is 13.3 Å². The van der Waals surface area contributed by atoms with E-state index in [2.05, 4.69) is 11.9 Å². The second-order valence-corrected chi connectivity index (χ2v) is 4.68. The smallest absolute Gasteiger partial charge is 0.102 e. The van der Waals surface area contributed by atoms with Gasteiger partial charge in [0.1, 0.15) is 6.04 Å². The Morgan fingerprint density at radius 3 is 2.71 bits per heavy atom. The van der Waals surface area contributed by atoms with Gasteiger partial charge < -0.3 is 14.6 Å². The molecule has 0 amide bonds. The maximum atomic E-state index is 10.4. The van der Waals surface area contributed by atoms with Gasteiger partial charge in [-0.3, -0.25) is 4.99 Å². The molecule has 0 spiro atoms. The van der Waals surface area contributed by atoms with E-state index in [1.807, 2.05) is 13.8 Å². The van der Waals surface area contributed by atoms with Crippen molar-refractivity contribution in [2.45, 2.75) is 58.0 Å². The normalized spacial score (nSPS) is 38.8. The van der Waals surface area contributed by atoms with Crippen LogP contribution in [0.2, 0.25) is 0 Å². The first-order chi connectivity index (χ1) is 8.15. The molecule has 1 N–H and O–H groups in total.